The lowest BCUT2D eigenvalue weighted by Gasteiger charge is -2.40. The van der Waals surface area contributed by atoms with E-state index in [2.05, 4.69) is 17.5 Å². The molecule has 0 aromatic carbocycles. The standard InChI is InChI=1S/C14H27NO2S/c1-13(16)3-2-7-15(8-4-13)11-14(12-18)5-9-17-10-6-14/h16,18H,2-12H2,1H3. The number of rotatable bonds is 3. The molecule has 3 nitrogen and oxygen atoms in total. The van der Waals surface area contributed by atoms with E-state index in [1.54, 1.807) is 0 Å². The van der Waals surface area contributed by atoms with Crippen molar-refractivity contribution in [1.29, 1.82) is 0 Å². The van der Waals surface area contributed by atoms with Gasteiger partial charge in [0.05, 0.1) is 5.60 Å². The Morgan fingerprint density at radius 1 is 1.17 bits per heavy atom. The summed E-state index contributed by atoms with van der Waals surface area (Å²) in [6, 6.07) is 0. The van der Waals surface area contributed by atoms with Gasteiger partial charge in [0.15, 0.2) is 0 Å². The Bertz CT molecular complexity index is 265. The second-order valence-corrected chi connectivity index (χ2v) is 6.71. The zero-order valence-electron chi connectivity index (χ0n) is 11.5. The Kier molecular flexibility index (Phi) is 4.98. The molecule has 0 aliphatic carbocycles. The molecule has 0 spiro atoms. The van der Waals surface area contributed by atoms with E-state index in [1.807, 2.05) is 6.92 Å². The van der Waals surface area contributed by atoms with Crippen molar-refractivity contribution in [2.45, 2.75) is 44.6 Å². The molecule has 0 saturated carbocycles. The summed E-state index contributed by atoms with van der Waals surface area (Å²) in [5.41, 5.74) is -0.129. The molecule has 2 rings (SSSR count). The van der Waals surface area contributed by atoms with Gasteiger partial charge in [-0.05, 0) is 56.7 Å². The van der Waals surface area contributed by atoms with Crippen LogP contribution in [0.4, 0.5) is 0 Å². The minimum absolute atomic E-state index is 0.331. The first-order valence-electron chi connectivity index (χ1n) is 7.19. The third kappa shape index (κ3) is 3.86. The topological polar surface area (TPSA) is 32.7 Å². The molecule has 2 heterocycles. The van der Waals surface area contributed by atoms with E-state index < -0.39 is 5.60 Å². The fraction of sp³-hybridized carbons (Fsp3) is 1.00. The van der Waals surface area contributed by atoms with Gasteiger partial charge in [0.1, 0.15) is 0 Å². The average Bonchev–Trinajstić information content (AvgIpc) is 2.52. The fourth-order valence-corrected chi connectivity index (χ4v) is 3.54. The Balaban J connectivity index is 1.91. The molecule has 1 N–H and O–H groups in total. The molecule has 2 saturated heterocycles. The van der Waals surface area contributed by atoms with E-state index in [0.29, 0.717) is 5.41 Å². The Labute approximate surface area is 116 Å². The number of hydrogen-bond donors (Lipinski definition) is 2. The monoisotopic (exact) mass is 273 g/mol. The Morgan fingerprint density at radius 2 is 1.89 bits per heavy atom. The van der Waals surface area contributed by atoms with Gasteiger partial charge < -0.3 is 14.7 Å². The molecular weight excluding hydrogens is 246 g/mol. The first kappa shape index (κ1) is 14.6. The molecule has 0 aromatic rings. The summed E-state index contributed by atoms with van der Waals surface area (Å²) < 4.78 is 5.48. The minimum atomic E-state index is -0.460. The quantitative estimate of drug-likeness (QED) is 0.771. The molecule has 2 aliphatic heterocycles. The molecule has 1 atom stereocenters. The van der Waals surface area contributed by atoms with Crippen LogP contribution in [-0.4, -0.2) is 54.2 Å². The molecule has 1 unspecified atom stereocenters. The van der Waals surface area contributed by atoms with Gasteiger partial charge in [-0.2, -0.15) is 12.6 Å². The lowest BCUT2D eigenvalue weighted by molar-refractivity contribution is 0.00533. The van der Waals surface area contributed by atoms with Crippen molar-refractivity contribution < 1.29 is 9.84 Å². The van der Waals surface area contributed by atoms with Crippen LogP contribution in [0.15, 0.2) is 0 Å². The summed E-state index contributed by atoms with van der Waals surface area (Å²) in [5, 5.41) is 10.1. The van der Waals surface area contributed by atoms with Gasteiger partial charge >= 0.3 is 0 Å². The number of thiol groups is 1. The first-order valence-corrected chi connectivity index (χ1v) is 7.82. The highest BCUT2D eigenvalue weighted by Crippen LogP contribution is 2.34. The summed E-state index contributed by atoms with van der Waals surface area (Å²) in [6.07, 6.45) is 5.19. The smallest absolute Gasteiger partial charge is 0.0632 e. The van der Waals surface area contributed by atoms with Crippen molar-refractivity contribution in [3.63, 3.8) is 0 Å². The summed E-state index contributed by atoms with van der Waals surface area (Å²) in [6.45, 7) is 6.99. The first-order chi connectivity index (χ1) is 8.55. The number of ether oxygens (including phenoxy) is 1. The molecule has 106 valence electrons. The third-order valence-electron chi connectivity index (χ3n) is 4.60. The number of aliphatic hydroxyl groups is 1. The van der Waals surface area contributed by atoms with Crippen LogP contribution in [0.1, 0.15) is 39.0 Å². The zero-order valence-corrected chi connectivity index (χ0v) is 12.4. The maximum absolute atomic E-state index is 10.1. The van der Waals surface area contributed by atoms with Crippen LogP contribution in [0.25, 0.3) is 0 Å². The van der Waals surface area contributed by atoms with Crippen molar-refractivity contribution in [2.24, 2.45) is 5.41 Å². The predicted octanol–water partition coefficient (Wildman–Crippen LogP) is 1.95. The third-order valence-corrected chi connectivity index (χ3v) is 5.28. The van der Waals surface area contributed by atoms with Crippen molar-refractivity contribution in [3.8, 4) is 0 Å². The van der Waals surface area contributed by atoms with Crippen LogP contribution in [0, 0.1) is 5.41 Å². The van der Waals surface area contributed by atoms with E-state index in [1.165, 1.54) is 0 Å². The van der Waals surface area contributed by atoms with E-state index in [9.17, 15) is 5.11 Å². The lowest BCUT2D eigenvalue weighted by atomic mass is 9.81. The molecule has 0 amide bonds. The van der Waals surface area contributed by atoms with Crippen molar-refractivity contribution in [1.82, 2.24) is 4.90 Å². The Morgan fingerprint density at radius 3 is 2.56 bits per heavy atom. The zero-order chi connectivity index (χ0) is 13.1. The number of likely N-dealkylation sites (tertiary alicyclic amines) is 1. The van der Waals surface area contributed by atoms with Gasteiger partial charge in [0.2, 0.25) is 0 Å². The van der Waals surface area contributed by atoms with Gasteiger partial charge in [-0.1, -0.05) is 0 Å². The van der Waals surface area contributed by atoms with Crippen molar-refractivity contribution in [2.75, 3.05) is 38.6 Å². The SMILES string of the molecule is CC1(O)CCCN(CC2(CS)CCOCC2)CC1. The van der Waals surface area contributed by atoms with E-state index in [0.717, 1.165) is 70.7 Å². The number of hydrogen-bond acceptors (Lipinski definition) is 4. The summed E-state index contributed by atoms with van der Waals surface area (Å²) in [4.78, 5) is 2.53. The molecule has 2 aliphatic rings. The van der Waals surface area contributed by atoms with Crippen LogP contribution in [0.5, 0.6) is 0 Å². The molecule has 2 fully saturated rings. The van der Waals surface area contributed by atoms with Crippen LogP contribution < -0.4 is 0 Å². The van der Waals surface area contributed by atoms with Crippen molar-refractivity contribution >= 4 is 12.6 Å². The second kappa shape index (κ2) is 6.12. The molecule has 0 bridgehead atoms. The molecular formula is C14H27NO2S. The second-order valence-electron chi connectivity index (χ2n) is 6.40. The lowest BCUT2D eigenvalue weighted by Crippen LogP contribution is -2.43. The van der Waals surface area contributed by atoms with Gasteiger partial charge in [0.25, 0.3) is 0 Å². The van der Waals surface area contributed by atoms with E-state index in [-0.39, 0.29) is 0 Å². The largest absolute Gasteiger partial charge is 0.390 e. The van der Waals surface area contributed by atoms with Gasteiger partial charge in [0, 0.05) is 26.3 Å². The van der Waals surface area contributed by atoms with Gasteiger partial charge in [-0.3, -0.25) is 0 Å². The van der Waals surface area contributed by atoms with Crippen molar-refractivity contribution in [3.05, 3.63) is 0 Å². The highest BCUT2D eigenvalue weighted by atomic mass is 32.1. The van der Waals surface area contributed by atoms with Crippen LogP contribution in [-0.2, 0) is 4.74 Å². The molecule has 18 heavy (non-hydrogen) atoms. The predicted molar refractivity (Wildman–Crippen MR) is 77.3 cm³/mol. The minimum Gasteiger partial charge on any atom is -0.390 e. The van der Waals surface area contributed by atoms with Crippen LogP contribution >= 0.6 is 12.6 Å². The fourth-order valence-electron chi connectivity index (χ4n) is 3.12. The molecule has 4 heteroatoms. The maximum Gasteiger partial charge on any atom is 0.0632 e. The highest BCUT2D eigenvalue weighted by molar-refractivity contribution is 7.80. The maximum atomic E-state index is 10.1. The van der Waals surface area contributed by atoms with E-state index in [4.69, 9.17) is 4.74 Å². The van der Waals surface area contributed by atoms with Gasteiger partial charge in [-0.15, -0.1) is 0 Å². The van der Waals surface area contributed by atoms with Gasteiger partial charge in [-0.25, -0.2) is 0 Å². The summed E-state index contributed by atoms with van der Waals surface area (Å²) >= 11 is 4.58. The molecule has 0 radical (unpaired) electrons. The van der Waals surface area contributed by atoms with Crippen LogP contribution in [0.3, 0.4) is 0 Å². The Hall–Kier alpha value is 0.230. The summed E-state index contributed by atoms with van der Waals surface area (Å²) in [5.74, 6) is 0.948. The number of nitrogens with zero attached hydrogens (tertiary/aromatic N) is 1. The highest BCUT2D eigenvalue weighted by Gasteiger charge is 2.34. The molecule has 0 aromatic heterocycles. The normalized spacial score (nSPS) is 34.2. The van der Waals surface area contributed by atoms with Crippen LogP contribution in [0.2, 0.25) is 0 Å². The summed E-state index contributed by atoms with van der Waals surface area (Å²) in [7, 11) is 0. The average molecular weight is 273 g/mol. The van der Waals surface area contributed by atoms with E-state index >= 15 is 0 Å².